The first-order chi connectivity index (χ1) is 13.5. The molecule has 1 aliphatic heterocycles. The lowest BCUT2D eigenvalue weighted by molar-refractivity contribution is -0.132. The van der Waals surface area contributed by atoms with Crippen molar-refractivity contribution in [1.29, 1.82) is 0 Å². The van der Waals surface area contributed by atoms with Crippen LogP contribution in [-0.4, -0.2) is 39.4 Å². The molecule has 1 amide bonds. The van der Waals surface area contributed by atoms with E-state index in [9.17, 15) is 4.79 Å². The molecule has 1 N–H and O–H groups in total. The van der Waals surface area contributed by atoms with Gasteiger partial charge in [0.1, 0.15) is 17.5 Å². The molecule has 2 aromatic rings. The van der Waals surface area contributed by atoms with Gasteiger partial charge in [-0.1, -0.05) is 0 Å². The summed E-state index contributed by atoms with van der Waals surface area (Å²) in [5, 5.41) is 1.57. The lowest BCUT2D eigenvalue weighted by Gasteiger charge is -2.25. The molecule has 0 spiro atoms. The number of nitrogens with zero attached hydrogens (tertiary/aromatic N) is 1. The van der Waals surface area contributed by atoms with Crippen LogP contribution in [0.25, 0.3) is 5.70 Å². The molecule has 0 unspecified atom stereocenters. The van der Waals surface area contributed by atoms with Gasteiger partial charge in [-0.2, -0.15) is 0 Å². The summed E-state index contributed by atoms with van der Waals surface area (Å²) in [6.07, 6.45) is 1.98. The Morgan fingerprint density at radius 3 is 2.21 bits per heavy atom. The molecule has 0 saturated carbocycles. The number of hydrazine groups is 1. The monoisotopic (exact) mass is 384 g/mol. The first kappa shape index (κ1) is 19.4. The van der Waals surface area contributed by atoms with Gasteiger partial charge in [-0.3, -0.25) is 10.2 Å². The molecule has 28 heavy (non-hydrogen) atoms. The highest BCUT2D eigenvalue weighted by Crippen LogP contribution is 2.39. The third-order valence-corrected chi connectivity index (χ3v) is 4.64. The molecule has 2 aromatic carbocycles. The van der Waals surface area contributed by atoms with Crippen molar-refractivity contribution in [2.24, 2.45) is 0 Å². The fraction of sp³-hybridized carbons (Fsp3) is 0.286. The minimum atomic E-state index is -0.332. The van der Waals surface area contributed by atoms with E-state index in [1.807, 2.05) is 36.4 Å². The first-order valence-corrected chi connectivity index (χ1v) is 8.75. The number of nitrogens with one attached hydrogen (secondary N) is 1. The van der Waals surface area contributed by atoms with Crippen LogP contribution < -0.4 is 24.4 Å². The average molecular weight is 384 g/mol. The molecule has 0 aromatic heterocycles. The maximum absolute atomic E-state index is 12.3. The van der Waals surface area contributed by atoms with Crippen molar-refractivity contribution in [3.8, 4) is 23.0 Å². The van der Waals surface area contributed by atoms with Gasteiger partial charge in [0.15, 0.2) is 11.5 Å². The third-order valence-electron chi connectivity index (χ3n) is 4.64. The minimum absolute atomic E-state index is 0.116. The van der Waals surface area contributed by atoms with Gasteiger partial charge >= 0.3 is 0 Å². The lowest BCUT2D eigenvalue weighted by Crippen LogP contribution is -2.38. The van der Waals surface area contributed by atoms with E-state index in [-0.39, 0.29) is 11.9 Å². The van der Waals surface area contributed by atoms with Gasteiger partial charge < -0.3 is 18.9 Å². The Morgan fingerprint density at radius 1 is 0.893 bits per heavy atom. The van der Waals surface area contributed by atoms with Crippen molar-refractivity contribution in [1.82, 2.24) is 10.4 Å². The van der Waals surface area contributed by atoms with E-state index in [1.54, 1.807) is 39.5 Å². The fourth-order valence-electron chi connectivity index (χ4n) is 3.20. The zero-order chi connectivity index (χ0) is 20.3. The predicted molar refractivity (Wildman–Crippen MR) is 105 cm³/mol. The average Bonchev–Trinajstić information content (AvgIpc) is 3.18. The summed E-state index contributed by atoms with van der Waals surface area (Å²) in [6, 6.07) is 10.8. The molecular weight excluding hydrogens is 360 g/mol. The second-order valence-corrected chi connectivity index (χ2v) is 6.20. The summed E-state index contributed by atoms with van der Waals surface area (Å²) >= 11 is 0. The molecule has 0 radical (unpaired) electrons. The first-order valence-electron chi connectivity index (χ1n) is 8.75. The van der Waals surface area contributed by atoms with E-state index in [2.05, 4.69) is 5.43 Å². The van der Waals surface area contributed by atoms with Gasteiger partial charge in [-0.25, -0.2) is 5.01 Å². The van der Waals surface area contributed by atoms with E-state index in [0.717, 1.165) is 16.8 Å². The van der Waals surface area contributed by atoms with Crippen molar-refractivity contribution in [2.45, 2.75) is 13.0 Å². The Bertz CT molecular complexity index is 910. The van der Waals surface area contributed by atoms with E-state index < -0.39 is 0 Å². The van der Waals surface area contributed by atoms with Gasteiger partial charge in [0, 0.05) is 24.1 Å². The summed E-state index contributed by atoms with van der Waals surface area (Å²) in [6.45, 7) is 1.52. The molecule has 0 bridgehead atoms. The van der Waals surface area contributed by atoms with Gasteiger partial charge in [0.25, 0.3) is 0 Å². The maximum atomic E-state index is 12.3. The number of carbonyl (C=O) groups excluding carboxylic acids is 1. The number of methoxy groups -OCH3 is 4. The summed E-state index contributed by atoms with van der Waals surface area (Å²) in [5.41, 5.74) is 5.70. The van der Waals surface area contributed by atoms with E-state index in [4.69, 9.17) is 18.9 Å². The number of benzene rings is 2. The van der Waals surface area contributed by atoms with E-state index >= 15 is 0 Å². The van der Waals surface area contributed by atoms with Crippen molar-refractivity contribution >= 4 is 11.6 Å². The van der Waals surface area contributed by atoms with Crippen LogP contribution in [0.2, 0.25) is 0 Å². The van der Waals surface area contributed by atoms with Crippen LogP contribution in [0.1, 0.15) is 24.1 Å². The summed E-state index contributed by atoms with van der Waals surface area (Å²) in [4.78, 5) is 12.3. The number of rotatable bonds is 6. The zero-order valence-corrected chi connectivity index (χ0v) is 16.6. The van der Waals surface area contributed by atoms with Crippen molar-refractivity contribution in [3.05, 3.63) is 53.6 Å². The molecule has 7 nitrogen and oxygen atoms in total. The number of hydrogen-bond acceptors (Lipinski definition) is 6. The van der Waals surface area contributed by atoms with Crippen LogP contribution in [0.15, 0.2) is 42.5 Å². The second kappa shape index (κ2) is 8.12. The summed E-state index contributed by atoms with van der Waals surface area (Å²) < 4.78 is 21.5. The number of amides is 1. The molecule has 1 heterocycles. The Balaban J connectivity index is 2.04. The van der Waals surface area contributed by atoms with Crippen LogP contribution in [0, 0.1) is 0 Å². The molecule has 3 rings (SSSR count). The summed E-state index contributed by atoms with van der Waals surface area (Å²) in [7, 11) is 6.37. The van der Waals surface area contributed by atoms with Crippen LogP contribution in [-0.2, 0) is 4.79 Å². The third kappa shape index (κ3) is 3.55. The number of ether oxygens (including phenoxy) is 4. The lowest BCUT2D eigenvalue weighted by atomic mass is 10.0. The fourth-order valence-corrected chi connectivity index (χ4v) is 3.20. The molecular formula is C21H24N2O5. The topological polar surface area (TPSA) is 69.3 Å². The minimum Gasteiger partial charge on any atom is -0.497 e. The molecule has 7 heteroatoms. The zero-order valence-electron chi connectivity index (χ0n) is 16.6. The van der Waals surface area contributed by atoms with Gasteiger partial charge in [-0.05, 0) is 36.4 Å². The van der Waals surface area contributed by atoms with E-state index in [0.29, 0.717) is 23.0 Å². The van der Waals surface area contributed by atoms with Crippen molar-refractivity contribution in [3.63, 3.8) is 0 Å². The Morgan fingerprint density at radius 2 is 1.61 bits per heavy atom. The maximum Gasteiger partial charge on any atom is 0.238 e. The normalized spacial score (nSPS) is 15.5. The Hall–Kier alpha value is -3.35. The molecule has 0 saturated heterocycles. The molecule has 1 atom stereocenters. The van der Waals surface area contributed by atoms with Gasteiger partial charge in [0.2, 0.25) is 5.91 Å². The molecule has 0 fully saturated rings. The van der Waals surface area contributed by atoms with Crippen LogP contribution in [0.4, 0.5) is 0 Å². The van der Waals surface area contributed by atoms with Crippen molar-refractivity contribution in [2.75, 3.05) is 28.4 Å². The number of carbonyl (C=O) groups is 1. The Labute approximate surface area is 164 Å². The molecule has 0 aliphatic carbocycles. The van der Waals surface area contributed by atoms with Crippen LogP contribution in [0.5, 0.6) is 23.0 Å². The summed E-state index contributed by atoms with van der Waals surface area (Å²) in [5.74, 6) is 2.46. The van der Waals surface area contributed by atoms with Gasteiger partial charge in [0.05, 0.1) is 34.1 Å². The van der Waals surface area contributed by atoms with Crippen LogP contribution >= 0.6 is 0 Å². The van der Waals surface area contributed by atoms with E-state index in [1.165, 1.54) is 6.92 Å². The second-order valence-electron chi connectivity index (χ2n) is 6.20. The standard InChI is InChI=1S/C21H24N2O5/c1-13(24)23-18(16-8-7-15(25-2)11-20(16)27-4)12-17(22-23)14-6-9-19(26-3)21(10-14)28-5/h6-12,18,22H,1-5H3/t18-/m0/s1. The highest BCUT2D eigenvalue weighted by molar-refractivity contribution is 5.79. The smallest absolute Gasteiger partial charge is 0.238 e. The molecule has 1 aliphatic rings. The quantitative estimate of drug-likeness (QED) is 0.825. The van der Waals surface area contributed by atoms with Gasteiger partial charge in [-0.15, -0.1) is 0 Å². The van der Waals surface area contributed by atoms with Crippen molar-refractivity contribution < 1.29 is 23.7 Å². The number of hydrogen-bond donors (Lipinski definition) is 1. The SMILES string of the molecule is COc1ccc([C@@H]2C=C(c3ccc(OC)c(OC)c3)NN2C(C)=O)c(OC)c1. The highest BCUT2D eigenvalue weighted by atomic mass is 16.5. The largest absolute Gasteiger partial charge is 0.497 e. The predicted octanol–water partition coefficient (Wildman–Crippen LogP) is 3.17. The Kier molecular flexibility index (Phi) is 5.63. The molecule has 148 valence electrons. The van der Waals surface area contributed by atoms with Crippen LogP contribution in [0.3, 0.4) is 0 Å². The highest BCUT2D eigenvalue weighted by Gasteiger charge is 2.31.